The van der Waals surface area contributed by atoms with Gasteiger partial charge in [-0.2, -0.15) is 0 Å². The zero-order valence-corrected chi connectivity index (χ0v) is 16.7. The second-order valence-corrected chi connectivity index (χ2v) is 5.80. The summed E-state index contributed by atoms with van der Waals surface area (Å²) in [7, 11) is 0. The molecule has 0 saturated heterocycles. The molecule has 1 amide bonds. The number of aromatic carboxylic acids is 1. The molecule has 7 heteroatoms. The first-order valence-electron chi connectivity index (χ1n) is 3.95. The van der Waals surface area contributed by atoms with Crippen molar-refractivity contribution in [2.24, 2.45) is 0 Å². The van der Waals surface area contributed by atoms with Crippen LogP contribution in [0.15, 0.2) is 18.2 Å². The number of hydrogen-bond acceptors (Lipinski definition) is 3. The standard InChI is InChI=1S/C9H8NO3.Hg.Na.H2O/c1-6(11)10-8-4-2-7(3-5-8)9(12)13;;;/h2,4-5H,1H3,(H,10,11)(H,12,13);;;1H2/q;;+1;/p-1. The van der Waals surface area contributed by atoms with Crippen molar-refractivity contribution in [2.45, 2.75) is 6.92 Å². The van der Waals surface area contributed by atoms with E-state index in [9.17, 15) is 14.7 Å². The molecule has 1 aromatic rings. The Bertz CT molecular complexity index is 397. The molecule has 0 fully saturated rings. The summed E-state index contributed by atoms with van der Waals surface area (Å²) in [5.74, 6) is -1.33. The van der Waals surface area contributed by atoms with E-state index in [1.807, 2.05) is 0 Å². The van der Waals surface area contributed by atoms with Crippen molar-refractivity contribution in [1.82, 2.24) is 0 Å². The van der Waals surface area contributed by atoms with Crippen LogP contribution in [0, 0.1) is 0 Å². The summed E-state index contributed by atoms with van der Waals surface area (Å²) in [5.41, 5.74) is 0.856. The molecule has 0 spiro atoms. The van der Waals surface area contributed by atoms with Gasteiger partial charge in [0.05, 0.1) is 0 Å². The van der Waals surface area contributed by atoms with E-state index in [1.54, 1.807) is 12.1 Å². The van der Waals surface area contributed by atoms with Crippen LogP contribution in [0.2, 0.25) is 0 Å². The number of anilines is 1. The van der Waals surface area contributed by atoms with Crippen LogP contribution in [0.1, 0.15) is 17.3 Å². The Morgan fingerprint density at radius 2 is 1.94 bits per heavy atom. The van der Waals surface area contributed by atoms with E-state index in [-0.39, 0.29) is 72.6 Å². The molecule has 0 aliphatic rings. The van der Waals surface area contributed by atoms with Crippen molar-refractivity contribution in [1.29, 1.82) is 0 Å². The molecular weight excluding hydrogens is 410 g/mol. The SMILES string of the molecule is CC(=O)Nc1ccc(C(=O)[O-])[c]([Hg])c1.O.[Na+]. The van der Waals surface area contributed by atoms with Gasteiger partial charge in [-0.25, -0.2) is 0 Å². The maximum Gasteiger partial charge on any atom is 1.00 e. The fourth-order valence-electron chi connectivity index (χ4n) is 1.07. The monoisotopic (exact) mass is 420 g/mol. The van der Waals surface area contributed by atoms with E-state index in [2.05, 4.69) is 5.32 Å². The minimum atomic E-state index is -1.16. The van der Waals surface area contributed by atoms with Crippen molar-refractivity contribution in [2.75, 3.05) is 5.32 Å². The third-order valence-corrected chi connectivity index (χ3v) is 3.92. The Balaban J connectivity index is 0. The van der Waals surface area contributed by atoms with Crippen molar-refractivity contribution in [3.8, 4) is 0 Å². The van der Waals surface area contributed by atoms with Gasteiger partial charge >= 0.3 is 127 Å². The summed E-state index contributed by atoms with van der Waals surface area (Å²) in [6, 6.07) is 4.70. The van der Waals surface area contributed by atoms with E-state index in [4.69, 9.17) is 0 Å². The molecule has 0 radical (unpaired) electrons. The predicted octanol–water partition coefficient (Wildman–Crippen LogP) is -4.64. The number of carboxylic acid groups (broad SMARTS) is 1. The van der Waals surface area contributed by atoms with Gasteiger partial charge < -0.3 is 5.48 Å². The Kier molecular flexibility index (Phi) is 9.43. The van der Waals surface area contributed by atoms with Gasteiger partial charge in [-0.1, -0.05) is 0 Å². The van der Waals surface area contributed by atoms with Gasteiger partial charge in [-0.15, -0.1) is 0 Å². The summed E-state index contributed by atoms with van der Waals surface area (Å²) < 4.78 is 0.760. The molecular formula is C9H9HgNNaO4. The zero-order chi connectivity index (χ0) is 10.7. The summed E-state index contributed by atoms with van der Waals surface area (Å²) in [6.07, 6.45) is 0. The Labute approximate surface area is 131 Å². The van der Waals surface area contributed by atoms with Crippen molar-refractivity contribution in [3.63, 3.8) is 0 Å². The molecule has 77 valence electrons. The van der Waals surface area contributed by atoms with Crippen LogP contribution in [-0.4, -0.2) is 17.4 Å². The van der Waals surface area contributed by atoms with Crippen LogP contribution in [-0.2, 0) is 30.9 Å². The molecule has 3 N–H and O–H groups in total. The second-order valence-electron chi connectivity index (χ2n) is 2.84. The maximum atomic E-state index is 10.7. The molecule has 5 nitrogen and oxygen atoms in total. The number of benzene rings is 1. The maximum absolute atomic E-state index is 10.7. The number of rotatable bonds is 2. The molecule has 0 unspecified atom stereocenters. The first kappa shape index (κ1) is 18.4. The molecule has 16 heavy (non-hydrogen) atoms. The fourth-order valence-corrected chi connectivity index (χ4v) is 2.95. The number of carboxylic acids is 1. The molecule has 0 heterocycles. The topological polar surface area (TPSA) is 101 Å². The number of carbonyl (C=O) groups is 2. The minimum Gasteiger partial charge on any atom is -0.412 e. The van der Waals surface area contributed by atoms with Gasteiger partial charge in [0.1, 0.15) is 0 Å². The van der Waals surface area contributed by atoms with Crippen LogP contribution in [0.3, 0.4) is 0 Å². The number of carbonyl (C=O) groups excluding carboxylic acids is 2. The Hall–Kier alpha value is 0.0551. The second kappa shape index (κ2) is 8.19. The van der Waals surface area contributed by atoms with Gasteiger partial charge in [0.25, 0.3) is 0 Å². The van der Waals surface area contributed by atoms with Crippen LogP contribution in [0.25, 0.3) is 0 Å². The van der Waals surface area contributed by atoms with E-state index < -0.39 is 5.97 Å². The van der Waals surface area contributed by atoms with E-state index >= 15 is 0 Å². The number of hydrogen-bond donors (Lipinski definition) is 1. The number of amides is 1. The molecule has 0 saturated carbocycles. The van der Waals surface area contributed by atoms with Crippen LogP contribution >= 0.6 is 0 Å². The summed E-state index contributed by atoms with van der Waals surface area (Å²) in [6.45, 7) is 1.41. The van der Waals surface area contributed by atoms with Gasteiger partial charge in [0, 0.05) is 0 Å². The molecule has 1 aromatic carbocycles. The smallest absolute Gasteiger partial charge is 0.412 e. The quantitative estimate of drug-likeness (QED) is 0.489. The van der Waals surface area contributed by atoms with Crippen molar-refractivity contribution in [3.05, 3.63) is 23.8 Å². The summed E-state index contributed by atoms with van der Waals surface area (Å²) in [5, 5.41) is 13.2. The van der Waals surface area contributed by atoms with Crippen LogP contribution < -0.4 is 43.1 Å². The average Bonchev–Trinajstić information content (AvgIpc) is 2.01. The third kappa shape index (κ3) is 5.40. The molecule has 0 aromatic heterocycles. The Morgan fingerprint density at radius 3 is 2.31 bits per heavy atom. The molecule has 0 atom stereocenters. The third-order valence-electron chi connectivity index (χ3n) is 1.65. The van der Waals surface area contributed by atoms with E-state index in [1.165, 1.54) is 13.0 Å². The molecule has 0 bridgehead atoms. The number of nitrogens with one attached hydrogen (secondary N) is 1. The molecule has 0 aliphatic heterocycles. The van der Waals surface area contributed by atoms with Crippen molar-refractivity contribution >= 4 is 20.6 Å². The normalized spacial score (nSPS) is 8.44. The zero-order valence-electron chi connectivity index (χ0n) is 9.16. The summed E-state index contributed by atoms with van der Waals surface area (Å²) in [4.78, 5) is 21.3. The molecule has 0 aliphatic carbocycles. The first-order chi connectivity index (χ1) is 6.50. The van der Waals surface area contributed by atoms with Crippen molar-refractivity contribution < 1.29 is 75.9 Å². The average molecular weight is 419 g/mol. The fraction of sp³-hybridized carbons (Fsp3) is 0.111. The van der Waals surface area contributed by atoms with Gasteiger partial charge in [0.15, 0.2) is 0 Å². The van der Waals surface area contributed by atoms with Gasteiger partial charge in [0.2, 0.25) is 0 Å². The van der Waals surface area contributed by atoms with Crippen LogP contribution in [0.4, 0.5) is 5.69 Å². The Morgan fingerprint density at radius 1 is 1.38 bits per heavy atom. The van der Waals surface area contributed by atoms with Gasteiger partial charge in [-0.3, -0.25) is 0 Å². The predicted molar refractivity (Wildman–Crippen MR) is 48.3 cm³/mol. The first-order valence-corrected chi connectivity index (χ1v) is 6.70. The largest absolute Gasteiger partial charge is 1.00 e. The summed E-state index contributed by atoms with van der Waals surface area (Å²) >= 11 is 0.181. The minimum absolute atomic E-state index is 0. The van der Waals surface area contributed by atoms with Crippen LogP contribution in [0.5, 0.6) is 0 Å². The van der Waals surface area contributed by atoms with E-state index in [0.717, 1.165) is 3.07 Å². The molecule has 1 rings (SSSR count). The van der Waals surface area contributed by atoms with E-state index in [0.29, 0.717) is 5.69 Å². The van der Waals surface area contributed by atoms with Gasteiger partial charge in [-0.05, 0) is 0 Å².